The number of rotatable bonds is 5. The Bertz CT molecular complexity index is 461. The molecule has 1 aromatic heterocycles. The van der Waals surface area contributed by atoms with Gasteiger partial charge in [-0.3, -0.25) is 9.58 Å². The molecule has 1 aromatic rings. The molecule has 1 aliphatic rings. The van der Waals surface area contributed by atoms with Gasteiger partial charge >= 0.3 is 0 Å². The third kappa shape index (κ3) is 4.07. The quantitative estimate of drug-likeness (QED) is 0.905. The minimum Gasteiger partial charge on any atom is -0.311 e. The Morgan fingerprint density at radius 2 is 2.14 bits per heavy atom. The predicted octanol–water partition coefficient (Wildman–Crippen LogP) is 2.58. The third-order valence-corrected chi connectivity index (χ3v) is 4.62. The Balaban J connectivity index is 2.08. The summed E-state index contributed by atoms with van der Waals surface area (Å²) in [6.45, 7) is 14.6. The van der Waals surface area contributed by atoms with Gasteiger partial charge in [0.05, 0.1) is 11.4 Å². The summed E-state index contributed by atoms with van der Waals surface area (Å²) in [6, 6.07) is 2.87. The van der Waals surface area contributed by atoms with Gasteiger partial charge in [-0.25, -0.2) is 0 Å². The molecule has 4 nitrogen and oxygen atoms in total. The second kappa shape index (κ2) is 6.49. The lowest BCUT2D eigenvalue weighted by atomic mass is 9.93. The summed E-state index contributed by atoms with van der Waals surface area (Å²) in [4.78, 5) is 2.62. The first-order valence-corrected chi connectivity index (χ1v) is 8.32. The lowest BCUT2D eigenvalue weighted by molar-refractivity contribution is 0.0514. The summed E-state index contributed by atoms with van der Waals surface area (Å²) in [5.41, 5.74) is 2.72. The summed E-state index contributed by atoms with van der Waals surface area (Å²) in [5.74, 6) is 0.744. The van der Waals surface area contributed by atoms with Crippen molar-refractivity contribution in [3.63, 3.8) is 0 Å². The number of nitrogens with zero attached hydrogens (tertiary/aromatic N) is 3. The van der Waals surface area contributed by atoms with Gasteiger partial charge in [0.2, 0.25) is 0 Å². The molecule has 2 rings (SSSR count). The topological polar surface area (TPSA) is 33.1 Å². The molecule has 1 unspecified atom stereocenters. The van der Waals surface area contributed by atoms with Crippen molar-refractivity contribution in [2.45, 2.75) is 65.6 Å². The standard InChI is InChI=1S/C17H32N4/c1-7-14-9-16(20(6)19-14)11-21-10-15(8-13(2)3)18-12-17(21,4)5/h9,13,15,18H,7-8,10-12H2,1-6H3. The van der Waals surface area contributed by atoms with E-state index in [9.17, 15) is 0 Å². The Kier molecular flexibility index (Phi) is 5.10. The lowest BCUT2D eigenvalue weighted by Crippen LogP contribution is -2.61. The molecule has 0 aliphatic carbocycles. The molecular formula is C17H32N4. The average molecular weight is 292 g/mol. The van der Waals surface area contributed by atoms with Crippen LogP contribution in [0.25, 0.3) is 0 Å². The van der Waals surface area contributed by atoms with E-state index in [0.717, 1.165) is 32.0 Å². The van der Waals surface area contributed by atoms with Gasteiger partial charge in [0.1, 0.15) is 0 Å². The second-order valence-electron chi connectivity index (χ2n) is 7.50. The maximum atomic E-state index is 4.58. The number of piperazine rings is 1. The Morgan fingerprint density at radius 3 is 2.71 bits per heavy atom. The molecule has 0 aromatic carbocycles. The lowest BCUT2D eigenvalue weighted by Gasteiger charge is -2.46. The number of nitrogens with one attached hydrogen (secondary N) is 1. The fourth-order valence-electron chi connectivity index (χ4n) is 3.18. The van der Waals surface area contributed by atoms with Crippen molar-refractivity contribution in [1.29, 1.82) is 0 Å². The molecule has 0 radical (unpaired) electrons. The van der Waals surface area contributed by atoms with E-state index in [-0.39, 0.29) is 5.54 Å². The second-order valence-corrected chi connectivity index (χ2v) is 7.50. The summed E-state index contributed by atoms with van der Waals surface area (Å²) >= 11 is 0. The van der Waals surface area contributed by atoms with Crippen molar-refractivity contribution in [2.75, 3.05) is 13.1 Å². The largest absolute Gasteiger partial charge is 0.311 e. The van der Waals surface area contributed by atoms with Crippen molar-refractivity contribution in [2.24, 2.45) is 13.0 Å². The Labute approximate surface area is 129 Å². The van der Waals surface area contributed by atoms with Crippen LogP contribution in [0, 0.1) is 5.92 Å². The van der Waals surface area contributed by atoms with Gasteiger partial charge < -0.3 is 5.32 Å². The smallest absolute Gasteiger partial charge is 0.0625 e. The number of aryl methyl sites for hydroxylation is 2. The van der Waals surface area contributed by atoms with Crippen LogP contribution >= 0.6 is 0 Å². The van der Waals surface area contributed by atoms with Crippen molar-refractivity contribution >= 4 is 0 Å². The van der Waals surface area contributed by atoms with Gasteiger partial charge in [-0.15, -0.1) is 0 Å². The average Bonchev–Trinajstić information content (AvgIpc) is 2.74. The summed E-state index contributed by atoms with van der Waals surface area (Å²) in [6.07, 6.45) is 2.26. The normalized spacial score (nSPS) is 22.9. The first-order chi connectivity index (χ1) is 9.81. The minimum atomic E-state index is 0.199. The van der Waals surface area contributed by atoms with Crippen LogP contribution in [0.1, 0.15) is 52.4 Å². The van der Waals surface area contributed by atoms with E-state index in [0.29, 0.717) is 6.04 Å². The van der Waals surface area contributed by atoms with E-state index in [2.05, 4.69) is 67.7 Å². The highest BCUT2D eigenvalue weighted by atomic mass is 15.3. The first kappa shape index (κ1) is 16.5. The molecule has 1 atom stereocenters. The molecule has 0 spiro atoms. The minimum absolute atomic E-state index is 0.199. The van der Waals surface area contributed by atoms with Crippen LogP contribution in [0.5, 0.6) is 0 Å². The van der Waals surface area contributed by atoms with Crippen molar-refractivity contribution < 1.29 is 0 Å². The molecule has 1 N–H and O–H groups in total. The van der Waals surface area contributed by atoms with Crippen LogP contribution in [-0.2, 0) is 20.0 Å². The van der Waals surface area contributed by atoms with E-state index in [1.54, 1.807) is 0 Å². The van der Waals surface area contributed by atoms with Crippen LogP contribution in [0.4, 0.5) is 0 Å². The molecule has 2 heterocycles. The molecule has 0 saturated carbocycles. The first-order valence-electron chi connectivity index (χ1n) is 8.32. The molecule has 1 fully saturated rings. The van der Waals surface area contributed by atoms with Crippen LogP contribution in [0.3, 0.4) is 0 Å². The SMILES string of the molecule is CCc1cc(CN2CC(CC(C)C)NCC2(C)C)n(C)n1. The van der Waals surface area contributed by atoms with E-state index in [1.807, 2.05) is 0 Å². The fourth-order valence-corrected chi connectivity index (χ4v) is 3.18. The van der Waals surface area contributed by atoms with Gasteiger partial charge in [0.15, 0.2) is 0 Å². The highest BCUT2D eigenvalue weighted by Crippen LogP contribution is 2.23. The third-order valence-electron chi connectivity index (χ3n) is 4.62. The van der Waals surface area contributed by atoms with Crippen molar-refractivity contribution in [1.82, 2.24) is 20.0 Å². The zero-order valence-corrected chi connectivity index (χ0v) is 14.6. The van der Waals surface area contributed by atoms with Crippen molar-refractivity contribution in [3.05, 3.63) is 17.5 Å². The highest BCUT2D eigenvalue weighted by molar-refractivity contribution is 5.11. The van der Waals surface area contributed by atoms with E-state index >= 15 is 0 Å². The molecule has 0 amide bonds. The zero-order valence-electron chi connectivity index (χ0n) is 14.6. The van der Waals surface area contributed by atoms with Crippen LogP contribution in [0.15, 0.2) is 6.07 Å². The van der Waals surface area contributed by atoms with E-state index in [1.165, 1.54) is 17.8 Å². The molecule has 1 aliphatic heterocycles. The summed E-state index contributed by atoms with van der Waals surface area (Å²) < 4.78 is 2.05. The molecule has 21 heavy (non-hydrogen) atoms. The highest BCUT2D eigenvalue weighted by Gasteiger charge is 2.34. The van der Waals surface area contributed by atoms with Gasteiger partial charge in [-0.2, -0.15) is 5.10 Å². The Hall–Kier alpha value is -0.870. The van der Waals surface area contributed by atoms with E-state index in [4.69, 9.17) is 0 Å². The maximum Gasteiger partial charge on any atom is 0.0625 e. The van der Waals surface area contributed by atoms with Gasteiger partial charge in [-0.05, 0) is 38.7 Å². The molecule has 4 heteroatoms. The van der Waals surface area contributed by atoms with Gasteiger partial charge in [0.25, 0.3) is 0 Å². The number of aromatic nitrogens is 2. The summed E-state index contributed by atoms with van der Waals surface area (Å²) in [5, 5.41) is 8.31. The van der Waals surface area contributed by atoms with Gasteiger partial charge in [-0.1, -0.05) is 20.8 Å². The Morgan fingerprint density at radius 1 is 1.43 bits per heavy atom. The van der Waals surface area contributed by atoms with Crippen LogP contribution < -0.4 is 5.32 Å². The van der Waals surface area contributed by atoms with E-state index < -0.39 is 0 Å². The molecule has 1 saturated heterocycles. The zero-order chi connectivity index (χ0) is 15.6. The maximum absolute atomic E-state index is 4.58. The molecular weight excluding hydrogens is 260 g/mol. The molecule has 120 valence electrons. The fraction of sp³-hybridized carbons (Fsp3) is 0.824. The number of hydrogen-bond donors (Lipinski definition) is 1. The number of hydrogen-bond acceptors (Lipinski definition) is 3. The summed E-state index contributed by atoms with van der Waals surface area (Å²) in [7, 11) is 2.06. The van der Waals surface area contributed by atoms with Crippen LogP contribution in [0.2, 0.25) is 0 Å². The predicted molar refractivity (Wildman–Crippen MR) is 88.3 cm³/mol. The monoisotopic (exact) mass is 292 g/mol. The van der Waals surface area contributed by atoms with Crippen LogP contribution in [-0.4, -0.2) is 39.4 Å². The van der Waals surface area contributed by atoms with Gasteiger partial charge in [0, 0.05) is 38.3 Å². The van der Waals surface area contributed by atoms with Crippen molar-refractivity contribution in [3.8, 4) is 0 Å². The molecule has 0 bridgehead atoms.